The number of aromatic nitrogens is 4. The van der Waals surface area contributed by atoms with Gasteiger partial charge in [0.2, 0.25) is 0 Å². The van der Waals surface area contributed by atoms with E-state index in [0.29, 0.717) is 38.2 Å². The van der Waals surface area contributed by atoms with Gasteiger partial charge in [-0.25, -0.2) is 15.0 Å². The Hall–Kier alpha value is -3.63. The van der Waals surface area contributed by atoms with Gasteiger partial charge in [0.15, 0.2) is 17.3 Å². The van der Waals surface area contributed by atoms with E-state index in [9.17, 15) is 4.79 Å². The first-order chi connectivity index (χ1) is 15.0. The van der Waals surface area contributed by atoms with Gasteiger partial charge in [0.25, 0.3) is 5.91 Å². The zero-order valence-electron chi connectivity index (χ0n) is 16.0. The summed E-state index contributed by atoms with van der Waals surface area (Å²) < 4.78 is 11.6. The summed E-state index contributed by atoms with van der Waals surface area (Å²) in [6.45, 7) is -0.104. The molecule has 0 aliphatic rings. The highest BCUT2D eigenvalue weighted by atomic mass is 35.5. The van der Waals surface area contributed by atoms with E-state index >= 15 is 0 Å². The van der Waals surface area contributed by atoms with Crippen molar-refractivity contribution in [3.05, 3.63) is 52.0 Å². The predicted octanol–water partition coefficient (Wildman–Crippen LogP) is 3.13. The van der Waals surface area contributed by atoms with E-state index in [1.54, 1.807) is 16.7 Å². The summed E-state index contributed by atoms with van der Waals surface area (Å²) in [4.78, 5) is 17.1. The van der Waals surface area contributed by atoms with Crippen LogP contribution in [0.4, 0.5) is 5.82 Å². The number of methoxy groups -OCH3 is 1. The highest BCUT2D eigenvalue weighted by molar-refractivity contribution is 6.36. The van der Waals surface area contributed by atoms with Crippen molar-refractivity contribution in [2.75, 3.05) is 12.8 Å². The zero-order valence-corrected chi connectivity index (χ0v) is 17.6. The van der Waals surface area contributed by atoms with Crippen LogP contribution >= 0.6 is 23.2 Å². The van der Waals surface area contributed by atoms with Gasteiger partial charge >= 0.3 is 0 Å². The van der Waals surface area contributed by atoms with Gasteiger partial charge < -0.3 is 15.0 Å². The second-order valence-electron chi connectivity index (χ2n) is 6.31. The number of halogens is 2. The Bertz CT molecular complexity index is 1300. The lowest BCUT2D eigenvalue weighted by atomic mass is 10.2. The van der Waals surface area contributed by atoms with E-state index in [1.165, 1.54) is 13.3 Å². The zero-order chi connectivity index (χ0) is 22.0. The first kappa shape index (κ1) is 20.6. The van der Waals surface area contributed by atoms with Gasteiger partial charge in [0.1, 0.15) is 12.3 Å². The molecule has 2 heterocycles. The maximum absolute atomic E-state index is 12.6. The molecule has 3 N–H and O–H groups in total. The van der Waals surface area contributed by atoms with Crippen molar-refractivity contribution in [3.8, 4) is 17.3 Å². The topological polar surface area (TPSA) is 133 Å². The molecule has 2 aromatic carbocycles. The van der Waals surface area contributed by atoms with Crippen molar-refractivity contribution in [3.63, 3.8) is 0 Å². The average molecular weight is 460 g/mol. The minimum Gasteiger partial charge on any atom is -0.495 e. The minimum absolute atomic E-state index is 0.0694. The number of hydrazone groups is 1. The van der Waals surface area contributed by atoms with Crippen LogP contribution in [0.25, 0.3) is 22.6 Å². The summed E-state index contributed by atoms with van der Waals surface area (Å²) >= 11 is 12.1. The van der Waals surface area contributed by atoms with Crippen molar-refractivity contribution in [1.29, 1.82) is 0 Å². The fourth-order valence-corrected chi connectivity index (χ4v) is 3.60. The van der Waals surface area contributed by atoms with Crippen LogP contribution < -0.4 is 15.9 Å². The van der Waals surface area contributed by atoms with E-state index in [-0.39, 0.29) is 18.1 Å². The maximum Gasteiger partial charge on any atom is 0.260 e. The minimum atomic E-state index is -0.414. The van der Waals surface area contributed by atoms with Gasteiger partial charge in [-0.15, -0.1) is 0 Å². The summed E-state index contributed by atoms with van der Waals surface area (Å²) in [7, 11) is 1.47. The molecule has 158 valence electrons. The van der Waals surface area contributed by atoms with Crippen molar-refractivity contribution in [2.45, 2.75) is 6.54 Å². The lowest BCUT2D eigenvalue weighted by Gasteiger charge is -2.08. The van der Waals surface area contributed by atoms with Crippen LogP contribution in [-0.2, 0) is 11.3 Å². The Balaban J connectivity index is 1.59. The number of ether oxygens (including phenoxy) is 1. The number of imidazole rings is 1. The number of amides is 1. The average Bonchev–Trinajstić information content (AvgIpc) is 3.31. The van der Waals surface area contributed by atoms with Gasteiger partial charge in [-0.05, 0) is 34.6 Å². The number of nitrogens with two attached hydrogens (primary N) is 1. The van der Waals surface area contributed by atoms with Crippen molar-refractivity contribution in [1.82, 2.24) is 25.3 Å². The highest BCUT2D eigenvalue weighted by Gasteiger charge is 2.20. The summed E-state index contributed by atoms with van der Waals surface area (Å²) in [5.41, 5.74) is 10.4. The Morgan fingerprint density at radius 1 is 1.32 bits per heavy atom. The molecule has 0 spiro atoms. The second-order valence-corrected chi connectivity index (χ2v) is 7.16. The number of nitrogen functional groups attached to an aromatic ring is 1. The normalized spacial score (nSPS) is 11.3. The third kappa shape index (κ3) is 4.16. The first-order valence-corrected chi connectivity index (χ1v) is 9.62. The summed E-state index contributed by atoms with van der Waals surface area (Å²) in [6.07, 6.45) is 1.39. The number of carbonyl (C=O) groups excluding carboxylic acids is 1. The van der Waals surface area contributed by atoms with Crippen LogP contribution in [-0.4, -0.2) is 39.1 Å². The van der Waals surface area contributed by atoms with Crippen LogP contribution in [0.2, 0.25) is 10.0 Å². The quantitative estimate of drug-likeness (QED) is 0.334. The number of hydrogen-bond acceptors (Lipinski definition) is 8. The molecule has 0 fully saturated rings. The van der Waals surface area contributed by atoms with Crippen molar-refractivity contribution >= 4 is 52.2 Å². The SMILES string of the molecule is COc1c(Cl)cc(Cl)cc1/C=N\NC(=O)Cn1c(-c2nonc2N)nc2ccccc21. The standard InChI is InChI=1S/C19H15Cl2N7O3/c1-30-17-10(6-11(20)7-12(17)21)8-23-25-15(29)9-28-14-5-3-2-4-13(14)24-19(28)16-18(22)27-31-26-16/h2-8H,9H2,1H3,(H2,22,27)(H,25,29)/b23-8-. The van der Waals surface area contributed by atoms with Crippen molar-refractivity contribution < 1.29 is 14.2 Å². The molecular formula is C19H15Cl2N7O3. The number of para-hydroxylation sites is 2. The number of benzene rings is 2. The molecule has 2 aromatic heterocycles. The number of rotatable bonds is 6. The van der Waals surface area contributed by atoms with Crippen LogP contribution in [0.5, 0.6) is 5.75 Å². The molecule has 12 heteroatoms. The molecule has 0 saturated carbocycles. The molecule has 0 aliphatic carbocycles. The van der Waals surface area contributed by atoms with E-state index in [1.807, 2.05) is 24.3 Å². The van der Waals surface area contributed by atoms with E-state index in [2.05, 4.69) is 30.5 Å². The third-order valence-electron chi connectivity index (χ3n) is 4.32. The molecular weight excluding hydrogens is 445 g/mol. The van der Waals surface area contributed by atoms with Gasteiger partial charge in [0.05, 0.1) is 29.4 Å². The monoisotopic (exact) mass is 459 g/mol. The summed E-state index contributed by atoms with van der Waals surface area (Å²) in [6, 6.07) is 10.5. The first-order valence-electron chi connectivity index (χ1n) is 8.86. The number of nitrogens with zero attached hydrogens (tertiary/aromatic N) is 5. The summed E-state index contributed by atoms with van der Waals surface area (Å²) in [5, 5.41) is 12.1. The van der Waals surface area contributed by atoms with Crippen LogP contribution in [0.15, 0.2) is 46.1 Å². The molecule has 0 radical (unpaired) electrons. The summed E-state index contributed by atoms with van der Waals surface area (Å²) in [5.74, 6) is 0.394. The smallest absolute Gasteiger partial charge is 0.260 e. The predicted molar refractivity (Wildman–Crippen MR) is 116 cm³/mol. The Morgan fingerprint density at radius 3 is 2.87 bits per heavy atom. The molecule has 0 aliphatic heterocycles. The number of nitrogens with one attached hydrogen (secondary N) is 1. The highest BCUT2D eigenvalue weighted by Crippen LogP contribution is 2.31. The molecule has 4 aromatic rings. The van der Waals surface area contributed by atoms with Crippen LogP contribution in [0.1, 0.15) is 5.56 Å². The fourth-order valence-electron chi connectivity index (χ4n) is 3.01. The maximum atomic E-state index is 12.6. The van der Waals surface area contributed by atoms with Gasteiger partial charge in [-0.2, -0.15) is 5.10 Å². The van der Waals surface area contributed by atoms with E-state index in [0.717, 1.165) is 0 Å². The van der Waals surface area contributed by atoms with Gasteiger partial charge in [0, 0.05) is 10.6 Å². The van der Waals surface area contributed by atoms with Gasteiger partial charge in [-0.3, -0.25) is 4.79 Å². The molecule has 1 amide bonds. The Kier molecular flexibility index (Phi) is 5.74. The second kappa shape index (κ2) is 8.62. The van der Waals surface area contributed by atoms with Crippen LogP contribution in [0, 0.1) is 0 Å². The van der Waals surface area contributed by atoms with Crippen molar-refractivity contribution in [2.24, 2.45) is 5.10 Å². The van der Waals surface area contributed by atoms with E-state index in [4.69, 9.17) is 33.7 Å². The number of carbonyl (C=O) groups is 1. The lowest BCUT2D eigenvalue weighted by molar-refractivity contribution is -0.121. The van der Waals surface area contributed by atoms with Crippen LogP contribution in [0.3, 0.4) is 0 Å². The largest absolute Gasteiger partial charge is 0.495 e. The molecule has 0 saturated heterocycles. The number of anilines is 1. The molecule has 10 nitrogen and oxygen atoms in total. The fraction of sp³-hybridized carbons (Fsp3) is 0.105. The van der Waals surface area contributed by atoms with E-state index < -0.39 is 5.91 Å². The number of fused-ring (bicyclic) bond motifs is 1. The third-order valence-corrected chi connectivity index (χ3v) is 4.82. The molecule has 0 atom stereocenters. The lowest BCUT2D eigenvalue weighted by Crippen LogP contribution is -2.23. The van der Waals surface area contributed by atoms with Gasteiger partial charge in [-0.1, -0.05) is 35.3 Å². The molecule has 0 bridgehead atoms. The molecule has 31 heavy (non-hydrogen) atoms. The Labute approximate surface area is 185 Å². The number of hydrogen-bond donors (Lipinski definition) is 2. The Morgan fingerprint density at radius 2 is 2.13 bits per heavy atom. The molecule has 4 rings (SSSR count). The molecule has 0 unspecified atom stereocenters.